The van der Waals surface area contributed by atoms with Gasteiger partial charge in [-0.25, -0.2) is 15.0 Å². The van der Waals surface area contributed by atoms with E-state index < -0.39 is 12.0 Å². The van der Waals surface area contributed by atoms with Crippen molar-refractivity contribution in [3.8, 4) is 0 Å². The molecule has 0 bridgehead atoms. The van der Waals surface area contributed by atoms with Crippen LogP contribution >= 0.6 is 11.8 Å². The highest BCUT2D eigenvalue weighted by Gasteiger charge is 2.35. The van der Waals surface area contributed by atoms with Crippen LogP contribution < -0.4 is 5.73 Å². The predicted molar refractivity (Wildman–Crippen MR) is 57.6 cm³/mol. The van der Waals surface area contributed by atoms with Gasteiger partial charge in [-0.2, -0.15) is 13.2 Å². The normalized spacial score (nSPS) is 11.5. The van der Waals surface area contributed by atoms with Crippen LogP contribution in [0.4, 0.5) is 19.0 Å². The number of hydrogen-bond donors (Lipinski definition) is 1. The number of nitrogen functional groups attached to an aromatic ring is 1. The first-order chi connectivity index (χ1) is 8.45. The SMILES string of the molecule is Nc1cc(Sc2cnccn2)nc(C(F)(F)F)n1. The Hall–Kier alpha value is -1.90. The second-order valence-corrected chi connectivity index (χ2v) is 4.14. The van der Waals surface area contributed by atoms with Crippen LogP contribution in [-0.4, -0.2) is 19.9 Å². The van der Waals surface area contributed by atoms with Gasteiger partial charge in [-0.3, -0.25) is 4.98 Å². The summed E-state index contributed by atoms with van der Waals surface area (Å²) in [6.07, 6.45) is -0.333. The molecule has 18 heavy (non-hydrogen) atoms. The molecule has 94 valence electrons. The highest BCUT2D eigenvalue weighted by molar-refractivity contribution is 7.99. The fourth-order valence-corrected chi connectivity index (χ4v) is 1.82. The number of alkyl halides is 3. The van der Waals surface area contributed by atoms with Crippen molar-refractivity contribution in [2.75, 3.05) is 5.73 Å². The second-order valence-electron chi connectivity index (χ2n) is 3.10. The fourth-order valence-electron chi connectivity index (χ4n) is 1.07. The molecule has 0 aliphatic heterocycles. The summed E-state index contributed by atoms with van der Waals surface area (Å²) < 4.78 is 37.4. The molecule has 5 nitrogen and oxygen atoms in total. The van der Waals surface area contributed by atoms with Gasteiger partial charge in [0.25, 0.3) is 0 Å². The molecule has 0 saturated heterocycles. The van der Waals surface area contributed by atoms with Gasteiger partial charge in [0, 0.05) is 18.5 Å². The first-order valence-corrected chi connectivity index (χ1v) is 5.42. The van der Waals surface area contributed by atoms with Crippen LogP contribution in [0.3, 0.4) is 0 Å². The lowest BCUT2D eigenvalue weighted by molar-refractivity contribution is -0.145. The molecule has 0 atom stereocenters. The minimum atomic E-state index is -4.63. The van der Waals surface area contributed by atoms with Gasteiger partial charge in [-0.1, -0.05) is 0 Å². The molecule has 2 rings (SSSR count). The van der Waals surface area contributed by atoms with Crippen molar-refractivity contribution < 1.29 is 13.2 Å². The topological polar surface area (TPSA) is 77.6 Å². The summed E-state index contributed by atoms with van der Waals surface area (Å²) >= 11 is 0.927. The van der Waals surface area contributed by atoms with E-state index in [0.717, 1.165) is 11.8 Å². The predicted octanol–water partition coefficient (Wildman–Crippen LogP) is 2.02. The highest BCUT2D eigenvalue weighted by atomic mass is 32.2. The van der Waals surface area contributed by atoms with Gasteiger partial charge in [0.05, 0.1) is 6.20 Å². The molecule has 2 aromatic rings. The number of anilines is 1. The number of aromatic nitrogens is 4. The Morgan fingerprint density at radius 3 is 2.50 bits per heavy atom. The Balaban J connectivity index is 2.32. The van der Waals surface area contributed by atoms with E-state index in [1.807, 2.05) is 0 Å². The van der Waals surface area contributed by atoms with Crippen molar-refractivity contribution in [1.29, 1.82) is 0 Å². The molecule has 0 saturated carbocycles. The summed E-state index contributed by atoms with van der Waals surface area (Å²) in [6.45, 7) is 0. The zero-order valence-corrected chi connectivity index (χ0v) is 9.53. The van der Waals surface area contributed by atoms with E-state index in [9.17, 15) is 13.2 Å². The lowest BCUT2D eigenvalue weighted by Gasteiger charge is -2.07. The molecule has 0 aliphatic rings. The van der Waals surface area contributed by atoms with E-state index >= 15 is 0 Å². The number of nitrogens with two attached hydrogens (primary N) is 1. The number of hydrogen-bond acceptors (Lipinski definition) is 6. The molecule has 0 aromatic carbocycles. The summed E-state index contributed by atoms with van der Waals surface area (Å²) in [6, 6.07) is 1.24. The Labute approximate surface area is 104 Å². The molecule has 0 amide bonds. The molecule has 0 spiro atoms. The molecule has 0 aliphatic carbocycles. The Morgan fingerprint density at radius 1 is 1.11 bits per heavy atom. The maximum atomic E-state index is 12.5. The van der Waals surface area contributed by atoms with Gasteiger partial charge >= 0.3 is 6.18 Å². The average molecular weight is 273 g/mol. The smallest absolute Gasteiger partial charge is 0.384 e. The zero-order chi connectivity index (χ0) is 13.2. The van der Waals surface area contributed by atoms with E-state index in [4.69, 9.17) is 5.73 Å². The van der Waals surface area contributed by atoms with E-state index in [1.54, 1.807) is 0 Å². The van der Waals surface area contributed by atoms with Gasteiger partial charge in [-0.15, -0.1) is 0 Å². The van der Waals surface area contributed by atoms with Crippen LogP contribution in [0, 0.1) is 0 Å². The summed E-state index contributed by atoms with van der Waals surface area (Å²) in [4.78, 5) is 14.2. The average Bonchev–Trinajstić information content (AvgIpc) is 2.28. The summed E-state index contributed by atoms with van der Waals surface area (Å²) in [5.74, 6) is -1.52. The number of halogens is 3. The zero-order valence-electron chi connectivity index (χ0n) is 8.72. The van der Waals surface area contributed by atoms with Crippen molar-refractivity contribution in [2.24, 2.45) is 0 Å². The standard InChI is InChI=1S/C9H6F3N5S/c10-9(11,12)8-16-5(13)3-6(17-8)18-7-4-14-1-2-15-7/h1-4H,(H2,13,16,17). The van der Waals surface area contributed by atoms with Gasteiger partial charge in [0.1, 0.15) is 15.9 Å². The number of nitrogens with zero attached hydrogens (tertiary/aromatic N) is 4. The molecule has 0 radical (unpaired) electrons. The molecular weight excluding hydrogens is 267 g/mol. The first-order valence-electron chi connectivity index (χ1n) is 4.61. The lowest BCUT2D eigenvalue weighted by atomic mass is 10.5. The molecule has 2 N–H and O–H groups in total. The van der Waals surface area contributed by atoms with E-state index in [0.29, 0.717) is 5.03 Å². The highest BCUT2D eigenvalue weighted by Crippen LogP contribution is 2.30. The fraction of sp³-hybridized carbons (Fsp3) is 0.111. The third-order valence-corrected chi connectivity index (χ3v) is 2.56. The minimum Gasteiger partial charge on any atom is -0.384 e. The van der Waals surface area contributed by atoms with Crippen LogP contribution in [0.2, 0.25) is 0 Å². The van der Waals surface area contributed by atoms with Gasteiger partial charge < -0.3 is 5.73 Å². The van der Waals surface area contributed by atoms with Crippen molar-refractivity contribution in [3.05, 3.63) is 30.5 Å². The largest absolute Gasteiger partial charge is 0.451 e. The van der Waals surface area contributed by atoms with Crippen LogP contribution in [0.25, 0.3) is 0 Å². The van der Waals surface area contributed by atoms with Crippen molar-refractivity contribution in [1.82, 2.24) is 19.9 Å². The quantitative estimate of drug-likeness (QED) is 0.843. The third kappa shape index (κ3) is 3.06. The molecule has 0 fully saturated rings. The van der Waals surface area contributed by atoms with E-state index in [1.165, 1.54) is 24.7 Å². The van der Waals surface area contributed by atoms with Crippen LogP contribution in [0.1, 0.15) is 5.82 Å². The van der Waals surface area contributed by atoms with Gasteiger partial charge in [0.15, 0.2) is 0 Å². The number of rotatable bonds is 2. The van der Waals surface area contributed by atoms with Gasteiger partial charge in [-0.05, 0) is 11.8 Å². The third-order valence-electron chi connectivity index (χ3n) is 1.72. The monoisotopic (exact) mass is 273 g/mol. The van der Waals surface area contributed by atoms with Crippen molar-refractivity contribution in [2.45, 2.75) is 16.2 Å². The van der Waals surface area contributed by atoms with Crippen LogP contribution in [0.5, 0.6) is 0 Å². The minimum absolute atomic E-state index is 0.0651. The molecule has 2 heterocycles. The Kier molecular flexibility index (Phi) is 3.32. The van der Waals surface area contributed by atoms with Crippen LogP contribution in [-0.2, 0) is 6.18 Å². The second kappa shape index (κ2) is 4.77. The molecular formula is C9H6F3N5S. The molecule has 0 unspecified atom stereocenters. The summed E-state index contributed by atoms with van der Waals surface area (Å²) in [5.41, 5.74) is 5.31. The van der Waals surface area contributed by atoms with Gasteiger partial charge in [0.2, 0.25) is 5.82 Å². The molecule has 9 heteroatoms. The van der Waals surface area contributed by atoms with Crippen LogP contribution in [0.15, 0.2) is 34.7 Å². The molecule has 2 aromatic heterocycles. The summed E-state index contributed by atoms with van der Waals surface area (Å²) in [5, 5.41) is 0.485. The Bertz CT molecular complexity index is 546. The Morgan fingerprint density at radius 2 is 1.89 bits per heavy atom. The maximum Gasteiger partial charge on any atom is 0.451 e. The first kappa shape index (κ1) is 12.6. The van der Waals surface area contributed by atoms with E-state index in [-0.39, 0.29) is 10.8 Å². The summed E-state index contributed by atoms with van der Waals surface area (Å²) in [7, 11) is 0. The lowest BCUT2D eigenvalue weighted by Crippen LogP contribution is -2.12. The van der Waals surface area contributed by atoms with E-state index in [2.05, 4.69) is 19.9 Å². The van der Waals surface area contributed by atoms with Crippen molar-refractivity contribution >= 4 is 17.6 Å². The van der Waals surface area contributed by atoms with Crippen molar-refractivity contribution in [3.63, 3.8) is 0 Å². The maximum absolute atomic E-state index is 12.5.